The van der Waals surface area contributed by atoms with Crippen molar-refractivity contribution >= 4 is 28.4 Å². The summed E-state index contributed by atoms with van der Waals surface area (Å²) in [4.78, 5) is 10.9. The highest BCUT2D eigenvalue weighted by atomic mass is 35.5. The number of methoxy groups -OCH3 is 1. The smallest absolute Gasteiger partial charge is 0.342 e. The summed E-state index contributed by atoms with van der Waals surface area (Å²) in [5.41, 5.74) is 4.55. The van der Waals surface area contributed by atoms with Gasteiger partial charge >= 0.3 is 5.97 Å². The molecule has 6 nitrogen and oxygen atoms in total. The fourth-order valence-corrected chi connectivity index (χ4v) is 2.55. The normalized spacial score (nSPS) is 10.7. The van der Waals surface area contributed by atoms with Crippen LogP contribution in [-0.4, -0.2) is 34.6 Å². The van der Waals surface area contributed by atoms with Gasteiger partial charge in [-0.25, -0.2) is 22.3 Å². The predicted molar refractivity (Wildman–Crippen MR) is 69.2 cm³/mol. The number of carbonyl (C=O) groups is 1. The van der Waals surface area contributed by atoms with Crippen LogP contribution in [0.1, 0.15) is 10.4 Å². The molecule has 0 bridgehead atoms. The van der Waals surface area contributed by atoms with Crippen LogP contribution in [0.3, 0.4) is 0 Å². The van der Waals surface area contributed by atoms with E-state index in [1.165, 1.54) is 6.07 Å². The zero-order chi connectivity index (χ0) is 13.8. The number of hydrogen-bond acceptors (Lipinski definition) is 5. The quantitative estimate of drug-likeness (QED) is 0.761. The monoisotopic (exact) mass is 312 g/mol. The summed E-state index contributed by atoms with van der Waals surface area (Å²) in [6.45, 7) is 0.0710. The van der Waals surface area contributed by atoms with Crippen molar-refractivity contribution in [3.8, 4) is 0 Å². The van der Waals surface area contributed by atoms with Crippen LogP contribution in [0.5, 0.6) is 0 Å². The molecule has 0 amide bonds. The number of esters is 1. The summed E-state index contributed by atoms with van der Waals surface area (Å²) in [6, 6.07) is 3.29. The van der Waals surface area contributed by atoms with E-state index in [1.54, 1.807) is 0 Å². The number of carbonyl (C=O) groups excluding carboxylic acids is 1. The van der Waals surface area contributed by atoms with Crippen molar-refractivity contribution in [2.75, 3.05) is 20.2 Å². The molecule has 0 aliphatic carbocycles. The number of nitrogens with one attached hydrogen (secondary N) is 1. The van der Waals surface area contributed by atoms with Crippen LogP contribution in [-0.2, 0) is 14.8 Å². The predicted octanol–water partition coefficient (Wildman–Crippen LogP) is 0.271. The maximum Gasteiger partial charge on any atom is 0.342 e. The molecule has 0 unspecified atom stereocenters. The number of rotatable bonds is 5. The fourth-order valence-electron chi connectivity index (χ4n) is 1.30. The number of sulfonamides is 1. The minimum absolute atomic E-state index is 0. The van der Waals surface area contributed by atoms with Crippen LogP contribution in [0.15, 0.2) is 23.1 Å². The van der Waals surface area contributed by atoms with Gasteiger partial charge in [-0.15, -0.1) is 12.4 Å². The molecule has 0 aliphatic heterocycles. The van der Waals surface area contributed by atoms with E-state index < -0.39 is 32.3 Å². The zero-order valence-corrected chi connectivity index (χ0v) is 11.7. The fraction of sp³-hybridized carbons (Fsp3) is 0.300. The van der Waals surface area contributed by atoms with Crippen molar-refractivity contribution in [2.45, 2.75) is 4.90 Å². The lowest BCUT2D eigenvalue weighted by molar-refractivity contribution is 0.0590. The van der Waals surface area contributed by atoms with E-state index in [0.29, 0.717) is 0 Å². The molecule has 0 spiro atoms. The van der Waals surface area contributed by atoms with Crippen molar-refractivity contribution in [1.82, 2.24) is 4.72 Å². The number of nitrogens with two attached hydrogens (primary N) is 1. The molecule has 0 fully saturated rings. The molecule has 0 radical (unpaired) electrons. The first-order chi connectivity index (χ1) is 8.44. The van der Waals surface area contributed by atoms with Gasteiger partial charge in [0.05, 0.1) is 12.0 Å². The molecule has 0 aromatic heterocycles. The van der Waals surface area contributed by atoms with Crippen LogP contribution in [0.2, 0.25) is 0 Å². The molecule has 3 N–H and O–H groups in total. The SMILES string of the molecule is COC(=O)c1c(F)cccc1S(=O)(=O)NCCN.Cl. The Balaban J connectivity index is 0.00000324. The van der Waals surface area contributed by atoms with Crippen molar-refractivity contribution in [3.63, 3.8) is 0 Å². The molecule has 0 atom stereocenters. The van der Waals surface area contributed by atoms with E-state index in [9.17, 15) is 17.6 Å². The largest absolute Gasteiger partial charge is 0.465 e. The Morgan fingerprint density at radius 2 is 2.11 bits per heavy atom. The maximum atomic E-state index is 13.5. The first-order valence-corrected chi connectivity index (χ1v) is 6.49. The molecule has 1 rings (SSSR count). The minimum Gasteiger partial charge on any atom is -0.465 e. The topological polar surface area (TPSA) is 98.5 Å². The molecule has 0 heterocycles. The van der Waals surface area contributed by atoms with Gasteiger partial charge in [0.25, 0.3) is 0 Å². The van der Waals surface area contributed by atoms with E-state index in [2.05, 4.69) is 9.46 Å². The van der Waals surface area contributed by atoms with E-state index in [-0.39, 0.29) is 25.5 Å². The first kappa shape index (κ1) is 17.8. The van der Waals surface area contributed by atoms with Gasteiger partial charge in [-0.05, 0) is 12.1 Å². The van der Waals surface area contributed by atoms with Crippen LogP contribution in [0.25, 0.3) is 0 Å². The summed E-state index contributed by atoms with van der Waals surface area (Å²) in [6.07, 6.45) is 0. The molecule has 0 saturated carbocycles. The van der Waals surface area contributed by atoms with Gasteiger partial charge < -0.3 is 10.5 Å². The molecule has 108 valence electrons. The lowest BCUT2D eigenvalue weighted by atomic mass is 10.2. The average molecular weight is 313 g/mol. The van der Waals surface area contributed by atoms with E-state index in [1.807, 2.05) is 0 Å². The second-order valence-electron chi connectivity index (χ2n) is 3.29. The Labute approximate surface area is 116 Å². The first-order valence-electron chi connectivity index (χ1n) is 5.00. The van der Waals surface area contributed by atoms with Crippen LogP contribution >= 0.6 is 12.4 Å². The maximum absolute atomic E-state index is 13.5. The van der Waals surface area contributed by atoms with Gasteiger partial charge in [0.2, 0.25) is 10.0 Å². The molecule has 9 heteroatoms. The van der Waals surface area contributed by atoms with Gasteiger partial charge in [0, 0.05) is 13.1 Å². The summed E-state index contributed by atoms with van der Waals surface area (Å²) < 4.78 is 43.7. The van der Waals surface area contributed by atoms with Crippen molar-refractivity contribution in [2.24, 2.45) is 5.73 Å². The lowest BCUT2D eigenvalue weighted by Gasteiger charge is -2.10. The van der Waals surface area contributed by atoms with Gasteiger partial charge in [-0.3, -0.25) is 0 Å². The van der Waals surface area contributed by atoms with Crippen molar-refractivity contribution in [3.05, 3.63) is 29.6 Å². The van der Waals surface area contributed by atoms with Crippen molar-refractivity contribution in [1.29, 1.82) is 0 Å². The third-order valence-electron chi connectivity index (χ3n) is 2.09. The highest BCUT2D eigenvalue weighted by Crippen LogP contribution is 2.19. The number of hydrogen-bond donors (Lipinski definition) is 2. The lowest BCUT2D eigenvalue weighted by Crippen LogP contribution is -2.30. The van der Waals surface area contributed by atoms with E-state index >= 15 is 0 Å². The Morgan fingerprint density at radius 3 is 2.63 bits per heavy atom. The molecular weight excluding hydrogens is 299 g/mol. The molecule has 1 aromatic rings. The second kappa shape index (κ2) is 7.39. The Bertz CT molecular complexity index is 550. The van der Waals surface area contributed by atoms with Gasteiger partial charge in [0.15, 0.2) is 0 Å². The van der Waals surface area contributed by atoms with Gasteiger partial charge in [-0.2, -0.15) is 0 Å². The molecule has 0 saturated heterocycles. The van der Waals surface area contributed by atoms with Crippen molar-refractivity contribution < 1.29 is 22.3 Å². The zero-order valence-electron chi connectivity index (χ0n) is 10.1. The minimum atomic E-state index is -4.00. The number of benzene rings is 1. The summed E-state index contributed by atoms with van der Waals surface area (Å²) in [5, 5.41) is 0. The number of ether oxygens (including phenoxy) is 1. The van der Waals surface area contributed by atoms with Crippen LogP contribution < -0.4 is 10.5 Å². The summed E-state index contributed by atoms with van der Waals surface area (Å²) in [7, 11) is -2.96. The van der Waals surface area contributed by atoms with Gasteiger partial charge in [-0.1, -0.05) is 6.07 Å². The van der Waals surface area contributed by atoms with Crippen LogP contribution in [0, 0.1) is 5.82 Å². The average Bonchev–Trinajstić information content (AvgIpc) is 2.35. The Hall–Kier alpha value is -1.22. The third kappa shape index (κ3) is 4.13. The molecule has 1 aromatic carbocycles. The standard InChI is InChI=1S/C10H13FN2O4S.ClH/c1-17-10(14)9-7(11)3-2-4-8(9)18(15,16)13-6-5-12;/h2-4,13H,5-6,12H2,1H3;1H. The molecule has 0 aliphatic rings. The Morgan fingerprint density at radius 1 is 1.47 bits per heavy atom. The molecule has 19 heavy (non-hydrogen) atoms. The van der Waals surface area contributed by atoms with E-state index in [4.69, 9.17) is 5.73 Å². The number of halogens is 2. The third-order valence-corrected chi connectivity index (χ3v) is 3.59. The van der Waals surface area contributed by atoms with Gasteiger partial charge in [0.1, 0.15) is 11.4 Å². The summed E-state index contributed by atoms with van der Waals surface area (Å²) >= 11 is 0. The second-order valence-corrected chi connectivity index (χ2v) is 5.03. The highest BCUT2D eigenvalue weighted by molar-refractivity contribution is 7.89. The summed E-state index contributed by atoms with van der Waals surface area (Å²) in [5.74, 6) is -2.02. The van der Waals surface area contributed by atoms with E-state index in [0.717, 1.165) is 19.2 Å². The molecular formula is C10H14ClFN2O4S. The van der Waals surface area contributed by atoms with Crippen LogP contribution in [0.4, 0.5) is 4.39 Å². The Kier molecular flexibility index (Phi) is 6.91. The highest BCUT2D eigenvalue weighted by Gasteiger charge is 2.25.